The van der Waals surface area contributed by atoms with Crippen molar-refractivity contribution in [2.75, 3.05) is 31.5 Å². The molecule has 1 saturated heterocycles. The molecule has 1 aliphatic rings. The van der Waals surface area contributed by atoms with Crippen LogP contribution in [0.15, 0.2) is 12.1 Å². The number of nitrogens with one attached hydrogen (secondary N) is 2. The number of amides is 1. The Morgan fingerprint density at radius 3 is 2.75 bits per heavy atom. The lowest BCUT2D eigenvalue weighted by Crippen LogP contribution is -2.51. The van der Waals surface area contributed by atoms with E-state index in [1.807, 2.05) is 0 Å². The Labute approximate surface area is 133 Å². The van der Waals surface area contributed by atoms with E-state index in [9.17, 15) is 4.79 Å². The summed E-state index contributed by atoms with van der Waals surface area (Å²) in [5.41, 5.74) is 0.481. The van der Waals surface area contributed by atoms with Crippen molar-refractivity contribution in [2.45, 2.75) is 13.0 Å². The highest BCUT2D eigenvalue weighted by Crippen LogP contribution is 2.32. The molecule has 1 aromatic carbocycles. The predicted octanol–water partition coefficient (Wildman–Crippen LogP) is 2.88. The molecule has 0 aromatic heterocycles. The molecule has 2 N–H and O–H groups in total. The first-order valence-electron chi connectivity index (χ1n) is 6.36. The van der Waals surface area contributed by atoms with E-state index in [0.717, 1.165) is 19.6 Å². The summed E-state index contributed by atoms with van der Waals surface area (Å²) in [5.74, 6) is -0.112. The molecule has 110 valence electrons. The number of nitrogens with zero attached hydrogens (tertiary/aromatic N) is 1. The fourth-order valence-electron chi connectivity index (χ4n) is 2.17. The van der Waals surface area contributed by atoms with Gasteiger partial charge in [-0.1, -0.05) is 34.8 Å². The average molecular weight is 337 g/mol. The highest BCUT2D eigenvalue weighted by Gasteiger charge is 2.18. The summed E-state index contributed by atoms with van der Waals surface area (Å²) in [7, 11) is 0. The quantitative estimate of drug-likeness (QED) is 0.834. The van der Waals surface area contributed by atoms with Crippen molar-refractivity contribution in [2.24, 2.45) is 0 Å². The molecule has 0 spiro atoms. The molecule has 1 fully saturated rings. The van der Waals surface area contributed by atoms with Crippen molar-refractivity contribution < 1.29 is 4.79 Å². The van der Waals surface area contributed by atoms with Crippen molar-refractivity contribution in [3.63, 3.8) is 0 Å². The van der Waals surface area contributed by atoms with Crippen LogP contribution in [-0.2, 0) is 4.79 Å². The highest BCUT2D eigenvalue weighted by molar-refractivity contribution is 6.44. The van der Waals surface area contributed by atoms with Crippen LogP contribution in [0.25, 0.3) is 0 Å². The van der Waals surface area contributed by atoms with Gasteiger partial charge in [0.15, 0.2) is 0 Å². The van der Waals surface area contributed by atoms with Gasteiger partial charge in [0.05, 0.1) is 27.3 Å². The number of halogens is 3. The molecular formula is C13H16Cl3N3O. The molecule has 1 atom stereocenters. The maximum atomic E-state index is 12.0. The summed E-state index contributed by atoms with van der Waals surface area (Å²) >= 11 is 17.8. The van der Waals surface area contributed by atoms with E-state index < -0.39 is 0 Å². The Morgan fingerprint density at radius 2 is 2.05 bits per heavy atom. The molecule has 4 nitrogen and oxygen atoms in total. The van der Waals surface area contributed by atoms with Gasteiger partial charge >= 0.3 is 0 Å². The van der Waals surface area contributed by atoms with Crippen LogP contribution in [0.1, 0.15) is 6.92 Å². The number of benzene rings is 1. The predicted molar refractivity (Wildman–Crippen MR) is 84.0 cm³/mol. The fourth-order valence-corrected chi connectivity index (χ4v) is 2.76. The maximum Gasteiger partial charge on any atom is 0.238 e. The highest BCUT2D eigenvalue weighted by atomic mass is 35.5. The Balaban J connectivity index is 1.96. The van der Waals surface area contributed by atoms with Gasteiger partial charge in [-0.2, -0.15) is 0 Å². The van der Waals surface area contributed by atoms with Gasteiger partial charge in [0.1, 0.15) is 0 Å². The van der Waals surface area contributed by atoms with Gasteiger partial charge in [-0.3, -0.25) is 9.69 Å². The summed E-state index contributed by atoms with van der Waals surface area (Å²) < 4.78 is 0. The number of anilines is 1. The van der Waals surface area contributed by atoms with Crippen LogP contribution in [0.3, 0.4) is 0 Å². The summed E-state index contributed by atoms with van der Waals surface area (Å²) in [5, 5.41) is 7.20. The van der Waals surface area contributed by atoms with Gasteiger partial charge in [0.2, 0.25) is 5.91 Å². The topological polar surface area (TPSA) is 44.4 Å². The van der Waals surface area contributed by atoms with Crippen LogP contribution < -0.4 is 10.6 Å². The molecule has 7 heteroatoms. The Morgan fingerprint density at radius 1 is 1.35 bits per heavy atom. The molecule has 20 heavy (non-hydrogen) atoms. The maximum absolute atomic E-state index is 12.0. The number of rotatable bonds is 3. The molecule has 0 radical (unpaired) electrons. The lowest BCUT2D eigenvalue weighted by Gasteiger charge is -2.31. The zero-order valence-corrected chi connectivity index (χ0v) is 13.3. The monoisotopic (exact) mass is 335 g/mol. The van der Waals surface area contributed by atoms with E-state index >= 15 is 0 Å². The van der Waals surface area contributed by atoms with Gasteiger partial charge in [0, 0.05) is 25.7 Å². The summed E-state index contributed by atoms with van der Waals surface area (Å²) in [4.78, 5) is 14.1. The summed E-state index contributed by atoms with van der Waals surface area (Å²) in [6.07, 6.45) is 0. The van der Waals surface area contributed by atoms with Crippen molar-refractivity contribution in [3.8, 4) is 0 Å². The second kappa shape index (κ2) is 6.96. The molecule has 1 aliphatic heterocycles. The van der Waals surface area contributed by atoms with Crippen LogP contribution in [0.4, 0.5) is 5.69 Å². The minimum absolute atomic E-state index is 0.112. The number of hydrogen-bond acceptors (Lipinski definition) is 3. The standard InChI is InChI=1S/C13H16Cl3N3O/c1-8-6-19(3-2-17-8)7-13(20)18-12-5-10(15)9(14)4-11(12)16/h4-5,8,17H,2-3,6-7H2,1H3,(H,18,20)/t8-/m0/s1. The third-order valence-corrected chi connectivity index (χ3v) is 4.14. The van der Waals surface area contributed by atoms with Gasteiger partial charge in [-0.15, -0.1) is 0 Å². The second-order valence-corrected chi connectivity index (χ2v) is 6.11. The summed E-state index contributed by atoms with van der Waals surface area (Å²) in [6, 6.07) is 3.48. The first-order valence-corrected chi connectivity index (χ1v) is 7.49. The van der Waals surface area contributed by atoms with Gasteiger partial charge in [-0.25, -0.2) is 0 Å². The lowest BCUT2D eigenvalue weighted by molar-refractivity contribution is -0.117. The zero-order valence-electron chi connectivity index (χ0n) is 11.0. The second-order valence-electron chi connectivity index (χ2n) is 4.88. The van der Waals surface area contributed by atoms with E-state index in [4.69, 9.17) is 34.8 Å². The molecular weight excluding hydrogens is 321 g/mol. The van der Waals surface area contributed by atoms with Crippen molar-refractivity contribution >= 4 is 46.4 Å². The number of carbonyl (C=O) groups excluding carboxylic acids is 1. The SMILES string of the molecule is C[C@H]1CN(CC(=O)Nc2cc(Cl)c(Cl)cc2Cl)CCN1. The normalized spacial score (nSPS) is 19.9. The molecule has 1 heterocycles. The van der Waals surface area contributed by atoms with E-state index in [1.165, 1.54) is 6.07 Å². The average Bonchev–Trinajstić information content (AvgIpc) is 2.36. The smallest absolute Gasteiger partial charge is 0.238 e. The van der Waals surface area contributed by atoms with E-state index in [2.05, 4.69) is 22.5 Å². The van der Waals surface area contributed by atoms with E-state index in [0.29, 0.717) is 33.3 Å². The van der Waals surface area contributed by atoms with Crippen LogP contribution >= 0.6 is 34.8 Å². The molecule has 1 amide bonds. The Kier molecular flexibility index (Phi) is 5.52. The molecule has 0 saturated carbocycles. The van der Waals surface area contributed by atoms with Gasteiger partial charge in [0.25, 0.3) is 0 Å². The van der Waals surface area contributed by atoms with Crippen molar-refractivity contribution in [3.05, 3.63) is 27.2 Å². The van der Waals surface area contributed by atoms with Gasteiger partial charge < -0.3 is 10.6 Å². The van der Waals surface area contributed by atoms with Crippen molar-refractivity contribution in [1.29, 1.82) is 0 Å². The Bertz CT molecular complexity index is 510. The third-order valence-electron chi connectivity index (χ3n) is 3.10. The fraction of sp³-hybridized carbons (Fsp3) is 0.462. The summed E-state index contributed by atoms with van der Waals surface area (Å²) in [6.45, 7) is 5.03. The zero-order chi connectivity index (χ0) is 14.7. The molecule has 0 unspecified atom stereocenters. The van der Waals surface area contributed by atoms with Crippen LogP contribution in [0, 0.1) is 0 Å². The van der Waals surface area contributed by atoms with Crippen molar-refractivity contribution in [1.82, 2.24) is 10.2 Å². The van der Waals surface area contributed by atoms with E-state index in [-0.39, 0.29) is 5.91 Å². The van der Waals surface area contributed by atoms with Crippen LogP contribution in [-0.4, -0.2) is 43.0 Å². The molecule has 0 aliphatic carbocycles. The first kappa shape index (κ1) is 15.9. The minimum atomic E-state index is -0.112. The lowest BCUT2D eigenvalue weighted by atomic mass is 10.2. The molecule has 0 bridgehead atoms. The number of hydrogen-bond donors (Lipinski definition) is 2. The largest absolute Gasteiger partial charge is 0.324 e. The van der Waals surface area contributed by atoms with Crippen LogP contribution in [0.5, 0.6) is 0 Å². The van der Waals surface area contributed by atoms with Crippen LogP contribution in [0.2, 0.25) is 15.1 Å². The number of piperazine rings is 1. The Hall–Kier alpha value is -0.520. The van der Waals surface area contributed by atoms with E-state index in [1.54, 1.807) is 6.07 Å². The molecule has 1 aromatic rings. The first-order chi connectivity index (χ1) is 9.45. The number of carbonyl (C=O) groups is 1. The van der Waals surface area contributed by atoms with Gasteiger partial charge in [-0.05, 0) is 19.1 Å². The minimum Gasteiger partial charge on any atom is -0.324 e. The third kappa shape index (κ3) is 4.24. The molecule has 2 rings (SSSR count).